The van der Waals surface area contributed by atoms with Crippen LogP contribution in [0.1, 0.15) is 110 Å². The Kier molecular flexibility index (Phi) is 22.7. The minimum Gasteiger partial charge on any atom is -0.358 e. The van der Waals surface area contributed by atoms with Crippen LogP contribution in [0.3, 0.4) is 0 Å². The van der Waals surface area contributed by atoms with Crippen molar-refractivity contribution in [1.82, 2.24) is 39.5 Å². The van der Waals surface area contributed by atoms with Crippen LogP contribution in [0.15, 0.2) is 99.8 Å². The van der Waals surface area contributed by atoms with E-state index < -0.39 is 41.8 Å². The molecule has 2 saturated heterocycles. The molecule has 0 radical (unpaired) electrons. The number of unbranched alkanes of at least 4 members (excludes halogenated alkanes) is 3. The summed E-state index contributed by atoms with van der Waals surface area (Å²) in [6, 6.07) is 8.99. The van der Waals surface area contributed by atoms with Crippen molar-refractivity contribution in [2.45, 2.75) is 86.5 Å². The number of H-pyrrole nitrogens is 2. The third kappa shape index (κ3) is 14.8. The van der Waals surface area contributed by atoms with E-state index in [1.165, 1.54) is 73.1 Å². The van der Waals surface area contributed by atoms with Crippen LogP contribution in [0.5, 0.6) is 0 Å². The number of nitrogens with zero attached hydrogens (tertiary/aromatic N) is 6. The number of halogens is 3. The summed E-state index contributed by atoms with van der Waals surface area (Å²) in [5, 5.41) is 1.45. The fourth-order valence-corrected chi connectivity index (χ4v) is 25.1. The number of rotatable bonds is 16. The van der Waals surface area contributed by atoms with Gasteiger partial charge < -0.3 is 29.6 Å². The summed E-state index contributed by atoms with van der Waals surface area (Å²) in [6.45, 7) is 13.5. The van der Waals surface area contributed by atoms with Crippen molar-refractivity contribution in [2.24, 2.45) is 0 Å². The maximum absolute atomic E-state index is 13.0. The number of aromatic nitrogens is 4. The van der Waals surface area contributed by atoms with Crippen LogP contribution in [0.25, 0.3) is 21.8 Å². The van der Waals surface area contributed by atoms with Crippen LogP contribution >= 0.6 is 39.1 Å². The molecule has 0 bridgehead atoms. The molecule has 18 heteroatoms. The first-order valence-electron chi connectivity index (χ1n) is 26.0. The number of benzene rings is 1. The van der Waals surface area contributed by atoms with Crippen molar-refractivity contribution in [2.75, 3.05) is 52.4 Å². The smallest absolute Gasteiger partial charge is 0.295 e. The van der Waals surface area contributed by atoms with Crippen LogP contribution in [0.4, 0.5) is 0 Å². The van der Waals surface area contributed by atoms with Gasteiger partial charge in [-0.2, -0.15) is 0 Å². The monoisotopic (exact) mass is 1240 g/mol. The van der Waals surface area contributed by atoms with Gasteiger partial charge in [0.15, 0.2) is 0 Å². The Morgan fingerprint density at radius 1 is 0.711 bits per heavy atom. The fourth-order valence-electron chi connectivity index (χ4n) is 9.54. The molecule has 4 amide bonds. The molecule has 0 unspecified atom stereocenters. The molecule has 2 aliphatic heterocycles. The van der Waals surface area contributed by atoms with Crippen molar-refractivity contribution < 1.29 is 28.8 Å². The van der Waals surface area contributed by atoms with Crippen molar-refractivity contribution in [3.63, 3.8) is 0 Å². The van der Waals surface area contributed by atoms with E-state index in [1.54, 1.807) is 66.5 Å². The maximum atomic E-state index is 13.0. The number of carbonyl (C=O) groups excluding carboxylic acids is 6. The van der Waals surface area contributed by atoms with Crippen LogP contribution in [-0.4, -0.2) is 145 Å². The zero-order chi connectivity index (χ0) is 54.8. The van der Waals surface area contributed by atoms with Crippen LogP contribution < -0.4 is 0 Å². The molecule has 14 nitrogen and oxygen atoms in total. The van der Waals surface area contributed by atoms with Gasteiger partial charge in [-0.25, -0.2) is 9.97 Å². The SMILES string of the molecule is CC#Cc1ncc(Cl)c2c(C(=O)C(=O)N3CCN(C(=O)c4ccccc4)CC3)c[nH]c12.CC=[CH][Sn]([CH2]CCC)([CH2]CCC)[CH2]CCC.O=C(C(=O)N1CCN(C(=O)C2=CC=[C+]C=C2)CC1)c1c[nH]c2c(Br)ncc(Cl)c12. The van der Waals surface area contributed by atoms with E-state index >= 15 is 0 Å². The Balaban J connectivity index is 0.000000195. The van der Waals surface area contributed by atoms with Gasteiger partial charge in [0.2, 0.25) is 0 Å². The molecular formula is C58H66BrCl2N8O6Sn+. The van der Waals surface area contributed by atoms with E-state index in [1.807, 2.05) is 18.2 Å². The molecule has 4 aromatic heterocycles. The number of amides is 4. The predicted molar refractivity (Wildman–Crippen MR) is 308 cm³/mol. The molecule has 0 saturated carbocycles. The molecule has 5 aromatic rings. The number of pyridine rings is 2. The Labute approximate surface area is 468 Å². The zero-order valence-corrected chi connectivity index (χ0v) is 49.9. The maximum Gasteiger partial charge on any atom is 0.295 e. The number of carbonyl (C=O) groups is 6. The summed E-state index contributed by atoms with van der Waals surface area (Å²) in [5.74, 6) is 2.90. The standard InChI is InChI=1S/C23H19ClN4O3.C20H14BrClN4O3.3C4H9.C3H5.Sn/c1-2-6-18-20-19(17(24)14-25-18)16(13-26-20)21(29)23(31)28-11-9-27(10-12-28)22(30)15-7-4-3-5-8-15;21-18-16-15(14(22)11-24-18)13(10-23-16)17(27)20(29)26-8-6-25(7-9-26)19(28)12-4-2-1-3-5-12;3*1-3-4-2;1-3-2;/h3-5,7-8,13-14,26H,9-12H2,1H3;2-5,10-11H,6-9H2;3*1,3-4H2,2H3;1,3H,2H3;/p+1. The third-order valence-corrected chi connectivity index (χ3v) is 29.4. The predicted octanol–water partition coefficient (Wildman–Crippen LogP) is 11.4. The second kappa shape index (κ2) is 29.0. The molecule has 1 aliphatic carbocycles. The topological polar surface area (TPSA) is 173 Å². The Bertz CT molecular complexity index is 3060. The molecule has 1 aromatic carbocycles. The van der Waals surface area contributed by atoms with E-state index in [4.69, 9.17) is 23.2 Å². The minimum atomic E-state index is -1.84. The number of Topliss-reactive ketones (excluding diaryl/α,β-unsaturated/α-hetero) is 2. The number of ketones is 2. The van der Waals surface area contributed by atoms with Crippen molar-refractivity contribution in [1.29, 1.82) is 0 Å². The number of allylic oxidation sites excluding steroid dienone is 5. The number of hydrogen-bond acceptors (Lipinski definition) is 8. The summed E-state index contributed by atoms with van der Waals surface area (Å²) in [6.07, 6.45) is 26.4. The Hall–Kier alpha value is -5.89. The van der Waals surface area contributed by atoms with Crippen LogP contribution in [0, 0.1) is 17.9 Å². The van der Waals surface area contributed by atoms with Crippen molar-refractivity contribution >= 4 is 115 Å². The summed E-state index contributed by atoms with van der Waals surface area (Å²) >= 11 is 13.9. The quantitative estimate of drug-likeness (QED) is 0.0245. The second-order valence-corrected chi connectivity index (χ2v) is 33.4. The molecular weight excluding hydrogens is 1170 g/mol. The zero-order valence-electron chi connectivity index (χ0n) is 43.9. The van der Waals surface area contributed by atoms with E-state index in [-0.39, 0.29) is 59.2 Å². The van der Waals surface area contributed by atoms with Crippen molar-refractivity contribution in [3.05, 3.63) is 138 Å². The Morgan fingerprint density at radius 3 is 1.68 bits per heavy atom. The normalized spacial score (nSPS) is 14.3. The minimum absolute atomic E-state index is 0.0838. The molecule has 2 fully saturated rings. The van der Waals surface area contributed by atoms with Crippen molar-refractivity contribution in [3.8, 4) is 11.8 Å². The number of hydrogen-bond donors (Lipinski definition) is 2. The van der Waals surface area contributed by atoms with Crippen LogP contribution in [-0.2, 0) is 14.4 Å². The summed E-state index contributed by atoms with van der Waals surface area (Å²) in [7, 11) is 0. The summed E-state index contributed by atoms with van der Waals surface area (Å²) in [5.41, 5.74) is 3.12. The molecule has 2 N–H and O–H groups in total. The number of aromatic amines is 2. The molecule has 3 aliphatic rings. The molecule has 0 spiro atoms. The van der Waals surface area contributed by atoms with Gasteiger partial charge in [0.25, 0.3) is 35.2 Å². The van der Waals surface area contributed by atoms with Gasteiger partial charge in [0.1, 0.15) is 28.0 Å². The molecule has 76 heavy (non-hydrogen) atoms. The Morgan fingerprint density at radius 2 is 1.20 bits per heavy atom. The second-order valence-electron chi connectivity index (χ2n) is 18.8. The van der Waals surface area contributed by atoms with E-state index in [9.17, 15) is 28.8 Å². The molecule has 398 valence electrons. The average molecular weight is 1240 g/mol. The van der Waals surface area contributed by atoms with Crippen LogP contribution in [0.2, 0.25) is 23.4 Å². The van der Waals surface area contributed by atoms with E-state index in [0.717, 1.165) is 0 Å². The summed E-state index contributed by atoms with van der Waals surface area (Å²) in [4.78, 5) is 97.0. The average Bonchev–Trinajstić information content (AvgIpc) is 4.14. The largest absolute Gasteiger partial charge is 0.358 e. The first kappa shape index (κ1) is 59.4. The van der Waals surface area contributed by atoms with Gasteiger partial charge in [-0.3, -0.25) is 28.8 Å². The molecule has 6 heterocycles. The molecule has 0 atom stereocenters. The first-order chi connectivity index (χ1) is 36.7. The number of fused-ring (bicyclic) bond motifs is 2. The number of piperazine rings is 2. The first-order valence-corrected chi connectivity index (χ1v) is 35.3. The fraction of sp³-hybridized carbons (Fsp3) is 0.379. The van der Waals surface area contributed by atoms with Gasteiger partial charge in [0, 0.05) is 99.6 Å². The van der Waals surface area contributed by atoms with Gasteiger partial charge in [-0.05, 0) is 40.9 Å². The molecule has 8 rings (SSSR count). The third-order valence-electron chi connectivity index (χ3n) is 13.7. The van der Waals surface area contributed by atoms with Gasteiger partial charge in [-0.1, -0.05) is 47.3 Å². The van der Waals surface area contributed by atoms with E-state index in [2.05, 4.69) is 91.6 Å². The summed E-state index contributed by atoms with van der Waals surface area (Å²) < 4.78 is 8.05. The van der Waals surface area contributed by atoms with Gasteiger partial charge >= 0.3 is 108 Å². The van der Waals surface area contributed by atoms with Gasteiger partial charge in [-0.15, -0.1) is 0 Å². The van der Waals surface area contributed by atoms with Gasteiger partial charge in [0.05, 0.1) is 44.4 Å². The van der Waals surface area contributed by atoms with E-state index in [0.29, 0.717) is 69.4 Å². The number of nitrogens with one attached hydrogen (secondary N) is 2.